The average Bonchev–Trinajstić information content (AvgIpc) is 2.66. The Balaban J connectivity index is 2.03. The van der Waals surface area contributed by atoms with Gasteiger partial charge in [0.05, 0.1) is 10.3 Å². The quantitative estimate of drug-likeness (QED) is 0.798. The molecule has 0 amide bonds. The Hall–Kier alpha value is -0.140. The number of hydrogen-bond donors (Lipinski definition) is 1. The first-order chi connectivity index (χ1) is 8.40. The van der Waals surface area contributed by atoms with Crippen LogP contribution in [0, 0.1) is 0 Å². The van der Waals surface area contributed by atoms with Gasteiger partial charge in [0, 0.05) is 10.9 Å². The molecule has 1 aromatic heterocycles. The molecule has 7 heteroatoms. The molecule has 102 valence electrons. The molecule has 1 nitrogen and oxygen atoms in total. The van der Waals surface area contributed by atoms with Crippen LogP contribution in [0.1, 0.15) is 29.3 Å². The molecule has 0 saturated heterocycles. The van der Waals surface area contributed by atoms with E-state index in [2.05, 4.69) is 21.2 Å². The Morgan fingerprint density at radius 1 is 1.50 bits per heavy atom. The number of nitrogens with one attached hydrogen (secondary N) is 1. The molecule has 0 radical (unpaired) electrons. The number of aryl methyl sites for hydroxylation is 1. The second kappa shape index (κ2) is 5.46. The molecule has 1 unspecified atom stereocenters. The maximum atomic E-state index is 12.9. The molecule has 18 heavy (non-hydrogen) atoms. The van der Waals surface area contributed by atoms with E-state index in [0.29, 0.717) is 6.42 Å². The number of thiophene rings is 1. The van der Waals surface area contributed by atoms with Crippen molar-refractivity contribution in [1.29, 1.82) is 0 Å². The highest BCUT2D eigenvalue weighted by atomic mass is 79.9. The molecule has 1 N–H and O–H groups in total. The van der Waals surface area contributed by atoms with Crippen LogP contribution < -0.4 is 5.32 Å². The molecule has 0 aromatic carbocycles. The molecule has 2 rings (SSSR count). The van der Waals surface area contributed by atoms with Crippen LogP contribution in [0.3, 0.4) is 0 Å². The highest BCUT2D eigenvalue weighted by Crippen LogP contribution is 2.38. The third kappa shape index (κ3) is 3.05. The first kappa shape index (κ1) is 14.3. The number of halogens is 5. The fraction of sp³-hybridized carbons (Fsp3) is 0.636. The summed E-state index contributed by atoms with van der Waals surface area (Å²) >= 11 is 4.93. The van der Waals surface area contributed by atoms with Crippen molar-refractivity contribution in [3.05, 3.63) is 20.3 Å². The van der Waals surface area contributed by atoms with E-state index in [0.717, 1.165) is 27.1 Å². The van der Waals surface area contributed by atoms with Crippen LogP contribution >= 0.6 is 27.3 Å². The van der Waals surface area contributed by atoms with E-state index >= 15 is 0 Å². The van der Waals surface area contributed by atoms with Gasteiger partial charge in [-0.3, -0.25) is 0 Å². The molecule has 1 aliphatic carbocycles. The highest BCUT2D eigenvalue weighted by molar-refractivity contribution is 9.11. The summed E-state index contributed by atoms with van der Waals surface area (Å²) in [5.41, 5.74) is 0.961. The molecule has 1 heterocycles. The summed E-state index contributed by atoms with van der Waals surface area (Å²) in [5.74, 6) is -3.97. The minimum absolute atomic E-state index is 0.249. The van der Waals surface area contributed by atoms with Gasteiger partial charge in [-0.05, 0) is 46.8 Å². The lowest BCUT2D eigenvalue weighted by atomic mass is 9.94. The maximum absolute atomic E-state index is 12.9. The second-order valence-corrected chi connectivity index (χ2v) is 6.83. The molecule has 0 fully saturated rings. The van der Waals surface area contributed by atoms with E-state index < -0.39 is 18.9 Å². The standard InChI is InChI=1S/C11H12BrF4NS/c12-9-4-6-7(2-1-3-8(6)18-9)17-5-11(15,16)10(13)14/h4,7,10,17H,1-3,5H2. The number of fused-ring (bicyclic) bond motifs is 1. The summed E-state index contributed by atoms with van der Waals surface area (Å²) in [6.45, 7) is -0.984. The molecular weight excluding hydrogens is 334 g/mol. The first-order valence-electron chi connectivity index (χ1n) is 5.57. The molecule has 0 saturated carbocycles. The Kier molecular flexibility index (Phi) is 4.33. The minimum Gasteiger partial charge on any atom is -0.304 e. The monoisotopic (exact) mass is 345 g/mol. The SMILES string of the molecule is FC(F)C(F)(F)CNC1CCCc2sc(Br)cc21. The molecular formula is C11H12BrF4NS. The van der Waals surface area contributed by atoms with Crippen LogP contribution in [0.2, 0.25) is 0 Å². The van der Waals surface area contributed by atoms with E-state index in [4.69, 9.17) is 0 Å². The van der Waals surface area contributed by atoms with Crippen LogP contribution in [0.25, 0.3) is 0 Å². The fourth-order valence-corrected chi connectivity index (χ4v) is 3.89. The number of rotatable bonds is 4. The predicted molar refractivity (Wildman–Crippen MR) is 66.7 cm³/mol. The van der Waals surface area contributed by atoms with Gasteiger partial charge in [-0.2, -0.15) is 8.78 Å². The lowest BCUT2D eigenvalue weighted by molar-refractivity contribution is -0.126. The second-order valence-electron chi connectivity index (χ2n) is 4.32. The van der Waals surface area contributed by atoms with Crippen LogP contribution in [-0.4, -0.2) is 18.9 Å². The van der Waals surface area contributed by atoms with E-state index in [-0.39, 0.29) is 6.04 Å². The lowest BCUT2D eigenvalue weighted by Gasteiger charge is -2.26. The van der Waals surface area contributed by atoms with Crippen LogP contribution in [0.5, 0.6) is 0 Å². The van der Waals surface area contributed by atoms with E-state index in [9.17, 15) is 17.6 Å². The van der Waals surface area contributed by atoms with Gasteiger partial charge >= 0.3 is 12.3 Å². The van der Waals surface area contributed by atoms with Gasteiger partial charge in [0.25, 0.3) is 0 Å². The van der Waals surface area contributed by atoms with Gasteiger partial charge in [0.15, 0.2) is 0 Å². The van der Waals surface area contributed by atoms with Crippen molar-refractivity contribution in [1.82, 2.24) is 5.32 Å². The van der Waals surface area contributed by atoms with Gasteiger partial charge in [0.2, 0.25) is 0 Å². The summed E-state index contributed by atoms with van der Waals surface area (Å²) in [5, 5.41) is 2.57. The number of alkyl halides is 4. The van der Waals surface area contributed by atoms with Crippen LogP contribution in [0.4, 0.5) is 17.6 Å². The number of hydrogen-bond acceptors (Lipinski definition) is 2. The van der Waals surface area contributed by atoms with E-state index in [1.807, 2.05) is 6.07 Å². The van der Waals surface area contributed by atoms with Crippen molar-refractivity contribution < 1.29 is 17.6 Å². The van der Waals surface area contributed by atoms with Crippen molar-refractivity contribution >= 4 is 27.3 Å². The Morgan fingerprint density at radius 2 is 2.22 bits per heavy atom. The fourth-order valence-electron chi connectivity index (χ4n) is 2.07. The zero-order valence-corrected chi connectivity index (χ0v) is 11.8. The van der Waals surface area contributed by atoms with Crippen LogP contribution in [-0.2, 0) is 6.42 Å². The topological polar surface area (TPSA) is 12.0 Å². The van der Waals surface area contributed by atoms with Crippen molar-refractivity contribution in [2.45, 2.75) is 37.7 Å². The normalized spacial score (nSPS) is 20.2. The summed E-state index contributed by atoms with van der Waals surface area (Å²) in [4.78, 5) is 1.14. The third-order valence-corrected chi connectivity index (χ3v) is 4.70. The molecule has 1 aromatic rings. The summed E-state index contributed by atoms with van der Waals surface area (Å²) in [6, 6.07) is 1.64. The van der Waals surface area contributed by atoms with E-state index in [1.165, 1.54) is 0 Å². The van der Waals surface area contributed by atoms with Crippen molar-refractivity contribution in [2.75, 3.05) is 6.54 Å². The summed E-state index contributed by atoms with van der Waals surface area (Å²) in [7, 11) is 0. The zero-order valence-electron chi connectivity index (χ0n) is 9.36. The predicted octanol–water partition coefficient (Wildman–Crippen LogP) is 4.38. The average molecular weight is 346 g/mol. The molecule has 1 atom stereocenters. The highest BCUT2D eigenvalue weighted by Gasteiger charge is 2.41. The van der Waals surface area contributed by atoms with Gasteiger partial charge < -0.3 is 5.32 Å². The Bertz CT molecular complexity index is 421. The molecule has 0 spiro atoms. The van der Waals surface area contributed by atoms with E-state index in [1.54, 1.807) is 11.3 Å². The summed E-state index contributed by atoms with van der Waals surface area (Å²) in [6.07, 6.45) is -1.11. The van der Waals surface area contributed by atoms with Gasteiger partial charge in [0.1, 0.15) is 0 Å². The Morgan fingerprint density at radius 3 is 2.89 bits per heavy atom. The minimum atomic E-state index is -3.97. The summed E-state index contributed by atoms with van der Waals surface area (Å²) < 4.78 is 50.8. The van der Waals surface area contributed by atoms with Gasteiger partial charge in [-0.25, -0.2) is 8.78 Å². The lowest BCUT2D eigenvalue weighted by Crippen LogP contribution is -2.40. The smallest absolute Gasteiger partial charge is 0.304 e. The van der Waals surface area contributed by atoms with Crippen molar-refractivity contribution in [2.24, 2.45) is 0 Å². The van der Waals surface area contributed by atoms with Crippen LogP contribution in [0.15, 0.2) is 9.85 Å². The maximum Gasteiger partial charge on any atom is 0.319 e. The Labute approximate surface area is 115 Å². The largest absolute Gasteiger partial charge is 0.319 e. The zero-order chi connectivity index (χ0) is 13.3. The van der Waals surface area contributed by atoms with Gasteiger partial charge in [-0.15, -0.1) is 11.3 Å². The van der Waals surface area contributed by atoms with Crippen molar-refractivity contribution in [3.8, 4) is 0 Å². The third-order valence-electron chi connectivity index (χ3n) is 2.99. The molecule has 1 aliphatic rings. The molecule has 0 aliphatic heterocycles. The van der Waals surface area contributed by atoms with Gasteiger partial charge in [-0.1, -0.05) is 0 Å². The first-order valence-corrected chi connectivity index (χ1v) is 7.18. The molecule has 0 bridgehead atoms. The van der Waals surface area contributed by atoms with Crippen molar-refractivity contribution in [3.63, 3.8) is 0 Å².